The number of ether oxygens (including phenoxy) is 1. The quantitative estimate of drug-likeness (QED) is 0.706. The maximum atomic E-state index is 11.9. The van der Waals surface area contributed by atoms with Gasteiger partial charge in [-0.15, -0.1) is 0 Å². The van der Waals surface area contributed by atoms with Crippen LogP contribution >= 0.6 is 0 Å². The molecule has 1 amide bonds. The molecular weight excluding hydrogens is 252 g/mol. The van der Waals surface area contributed by atoms with Crippen LogP contribution in [0.15, 0.2) is 24.3 Å². The summed E-state index contributed by atoms with van der Waals surface area (Å²) < 4.78 is 5.40. The zero-order valence-corrected chi connectivity index (χ0v) is 12.6. The monoisotopic (exact) mass is 278 g/mol. The van der Waals surface area contributed by atoms with E-state index in [4.69, 9.17) is 10.5 Å². The predicted octanol–water partition coefficient (Wildman–Crippen LogP) is 2.56. The second-order valence-corrected chi connectivity index (χ2v) is 4.93. The summed E-state index contributed by atoms with van der Waals surface area (Å²) in [5.74, 6) is 1.06. The summed E-state index contributed by atoms with van der Waals surface area (Å²) in [6.07, 6.45) is 3.55. The molecule has 1 aromatic carbocycles. The molecule has 4 nitrogen and oxygen atoms in total. The Labute approximate surface area is 121 Å². The van der Waals surface area contributed by atoms with Crippen LogP contribution < -0.4 is 10.5 Å². The average Bonchev–Trinajstić information content (AvgIpc) is 2.45. The van der Waals surface area contributed by atoms with Crippen LogP contribution in [0.3, 0.4) is 0 Å². The molecule has 0 saturated carbocycles. The maximum absolute atomic E-state index is 11.9. The van der Waals surface area contributed by atoms with E-state index < -0.39 is 0 Å². The van der Waals surface area contributed by atoms with Crippen molar-refractivity contribution in [3.63, 3.8) is 0 Å². The third-order valence-electron chi connectivity index (χ3n) is 3.17. The number of rotatable bonds is 9. The Morgan fingerprint density at radius 1 is 1.20 bits per heavy atom. The minimum Gasteiger partial charge on any atom is -0.494 e. The van der Waals surface area contributed by atoms with Gasteiger partial charge in [0.15, 0.2) is 0 Å². The molecule has 0 heterocycles. The van der Waals surface area contributed by atoms with Crippen LogP contribution in [0.1, 0.15) is 38.2 Å². The van der Waals surface area contributed by atoms with Gasteiger partial charge in [0.1, 0.15) is 5.75 Å². The van der Waals surface area contributed by atoms with Gasteiger partial charge in [-0.1, -0.05) is 18.6 Å². The summed E-state index contributed by atoms with van der Waals surface area (Å²) in [5, 5.41) is 0. The van der Waals surface area contributed by atoms with Gasteiger partial charge in [-0.3, -0.25) is 4.79 Å². The summed E-state index contributed by atoms with van der Waals surface area (Å²) in [7, 11) is 1.85. The van der Waals surface area contributed by atoms with Crippen LogP contribution in [0, 0.1) is 0 Å². The van der Waals surface area contributed by atoms with E-state index in [1.54, 1.807) is 4.90 Å². The molecule has 0 aliphatic heterocycles. The van der Waals surface area contributed by atoms with Gasteiger partial charge in [-0.2, -0.15) is 0 Å². The molecule has 4 heteroatoms. The summed E-state index contributed by atoms with van der Waals surface area (Å²) in [4.78, 5) is 13.7. The van der Waals surface area contributed by atoms with Gasteiger partial charge in [0.25, 0.3) is 0 Å². The highest BCUT2D eigenvalue weighted by Gasteiger charge is 2.08. The summed E-state index contributed by atoms with van der Waals surface area (Å²) in [6.45, 7) is 3.98. The van der Waals surface area contributed by atoms with Crippen LogP contribution in [0.4, 0.5) is 0 Å². The molecule has 0 bridgehead atoms. The van der Waals surface area contributed by atoms with Crippen molar-refractivity contribution in [2.75, 3.05) is 20.2 Å². The van der Waals surface area contributed by atoms with E-state index in [0.29, 0.717) is 26.1 Å². The van der Waals surface area contributed by atoms with Crippen LogP contribution in [-0.2, 0) is 11.3 Å². The number of unbranched alkanes of at least 4 members (excludes halogenated alkanes) is 2. The Kier molecular flexibility index (Phi) is 7.73. The van der Waals surface area contributed by atoms with E-state index in [1.165, 1.54) is 0 Å². The lowest BCUT2D eigenvalue weighted by molar-refractivity contribution is -0.130. The van der Waals surface area contributed by atoms with Crippen LogP contribution in [0.5, 0.6) is 5.75 Å². The lowest BCUT2D eigenvalue weighted by Gasteiger charge is -2.17. The van der Waals surface area contributed by atoms with E-state index >= 15 is 0 Å². The minimum atomic E-state index is 0.191. The van der Waals surface area contributed by atoms with E-state index in [-0.39, 0.29) is 5.91 Å². The van der Waals surface area contributed by atoms with E-state index in [9.17, 15) is 4.79 Å². The van der Waals surface area contributed by atoms with Crippen molar-refractivity contribution < 1.29 is 9.53 Å². The highest BCUT2D eigenvalue weighted by molar-refractivity contribution is 5.75. The molecule has 0 radical (unpaired) electrons. The molecule has 0 aromatic heterocycles. The number of carbonyl (C=O) groups excluding carboxylic acids is 1. The molecule has 0 atom stereocenters. The second-order valence-electron chi connectivity index (χ2n) is 4.93. The van der Waals surface area contributed by atoms with Crippen molar-refractivity contribution >= 4 is 5.91 Å². The smallest absolute Gasteiger partial charge is 0.222 e. The van der Waals surface area contributed by atoms with Gasteiger partial charge >= 0.3 is 0 Å². The van der Waals surface area contributed by atoms with Crippen LogP contribution in [0.25, 0.3) is 0 Å². The van der Waals surface area contributed by atoms with Gasteiger partial charge in [0, 0.05) is 20.0 Å². The van der Waals surface area contributed by atoms with Gasteiger partial charge in [0.2, 0.25) is 5.91 Å². The molecule has 2 N–H and O–H groups in total. The molecule has 20 heavy (non-hydrogen) atoms. The molecule has 0 fully saturated rings. The molecule has 1 aromatic rings. The number of nitrogens with zero attached hydrogens (tertiary/aromatic N) is 1. The zero-order chi connectivity index (χ0) is 14.8. The molecule has 0 saturated heterocycles. The summed E-state index contributed by atoms with van der Waals surface area (Å²) in [6, 6.07) is 7.89. The SMILES string of the molecule is CCOc1ccc(CN(C)C(=O)CCCCCN)cc1. The van der Waals surface area contributed by atoms with Gasteiger partial charge < -0.3 is 15.4 Å². The largest absolute Gasteiger partial charge is 0.494 e. The Hall–Kier alpha value is -1.55. The number of hydrogen-bond donors (Lipinski definition) is 1. The van der Waals surface area contributed by atoms with Gasteiger partial charge in [-0.25, -0.2) is 0 Å². The first-order valence-corrected chi connectivity index (χ1v) is 7.33. The molecule has 0 aliphatic carbocycles. The number of nitrogens with two attached hydrogens (primary N) is 1. The number of carbonyl (C=O) groups is 1. The van der Waals surface area contributed by atoms with Crippen molar-refractivity contribution in [1.29, 1.82) is 0 Å². The van der Waals surface area contributed by atoms with Crippen molar-refractivity contribution in [1.82, 2.24) is 4.90 Å². The number of benzene rings is 1. The van der Waals surface area contributed by atoms with Crippen molar-refractivity contribution in [2.24, 2.45) is 5.73 Å². The van der Waals surface area contributed by atoms with Gasteiger partial charge in [0.05, 0.1) is 6.61 Å². The minimum absolute atomic E-state index is 0.191. The second kappa shape index (κ2) is 9.37. The van der Waals surface area contributed by atoms with Crippen molar-refractivity contribution in [3.8, 4) is 5.75 Å². The zero-order valence-electron chi connectivity index (χ0n) is 12.6. The highest BCUT2D eigenvalue weighted by Crippen LogP contribution is 2.14. The normalized spacial score (nSPS) is 10.3. The molecular formula is C16H26N2O2. The Morgan fingerprint density at radius 3 is 2.50 bits per heavy atom. The standard InChI is InChI=1S/C16H26N2O2/c1-3-20-15-10-8-14(9-11-15)13-18(2)16(19)7-5-4-6-12-17/h8-11H,3-7,12-13,17H2,1-2H3. The first kappa shape index (κ1) is 16.5. The molecule has 112 valence electrons. The Bertz CT molecular complexity index is 390. The lowest BCUT2D eigenvalue weighted by Crippen LogP contribution is -2.25. The fourth-order valence-electron chi connectivity index (χ4n) is 2.01. The molecule has 0 spiro atoms. The summed E-state index contributed by atoms with van der Waals surface area (Å²) >= 11 is 0. The fraction of sp³-hybridized carbons (Fsp3) is 0.562. The maximum Gasteiger partial charge on any atom is 0.222 e. The highest BCUT2D eigenvalue weighted by atomic mass is 16.5. The third kappa shape index (κ3) is 6.06. The molecule has 1 rings (SSSR count). The molecule has 0 unspecified atom stereocenters. The third-order valence-corrected chi connectivity index (χ3v) is 3.17. The first-order valence-electron chi connectivity index (χ1n) is 7.33. The average molecular weight is 278 g/mol. The van der Waals surface area contributed by atoms with E-state index in [2.05, 4.69) is 0 Å². The van der Waals surface area contributed by atoms with Gasteiger partial charge in [-0.05, 0) is 44.0 Å². The molecule has 0 aliphatic rings. The predicted molar refractivity (Wildman–Crippen MR) is 81.6 cm³/mol. The fourth-order valence-corrected chi connectivity index (χ4v) is 2.01. The Balaban J connectivity index is 2.36. The van der Waals surface area contributed by atoms with Crippen LogP contribution in [0.2, 0.25) is 0 Å². The number of amides is 1. The van der Waals surface area contributed by atoms with E-state index in [1.807, 2.05) is 38.2 Å². The Morgan fingerprint density at radius 2 is 1.90 bits per heavy atom. The van der Waals surface area contributed by atoms with Crippen molar-refractivity contribution in [3.05, 3.63) is 29.8 Å². The van der Waals surface area contributed by atoms with Crippen LogP contribution in [-0.4, -0.2) is 31.0 Å². The number of hydrogen-bond acceptors (Lipinski definition) is 3. The lowest BCUT2D eigenvalue weighted by atomic mass is 10.1. The summed E-state index contributed by atoms with van der Waals surface area (Å²) in [5.41, 5.74) is 6.55. The van der Waals surface area contributed by atoms with E-state index in [0.717, 1.165) is 30.6 Å². The topological polar surface area (TPSA) is 55.6 Å². The van der Waals surface area contributed by atoms with Crippen molar-refractivity contribution in [2.45, 2.75) is 39.2 Å². The first-order chi connectivity index (χ1) is 9.67.